The zero-order chi connectivity index (χ0) is 14.8. The highest BCUT2D eigenvalue weighted by molar-refractivity contribution is 5.82. The highest BCUT2D eigenvalue weighted by atomic mass is 16.5. The molecule has 2 atom stereocenters. The molecule has 0 radical (unpaired) electrons. The van der Waals surface area contributed by atoms with E-state index in [4.69, 9.17) is 15.6 Å². The molecular formula is C17H25N3O. The Morgan fingerprint density at radius 1 is 1.33 bits per heavy atom. The van der Waals surface area contributed by atoms with Gasteiger partial charge in [-0.05, 0) is 38.7 Å². The van der Waals surface area contributed by atoms with Gasteiger partial charge in [0.05, 0.1) is 17.3 Å². The number of aromatic nitrogens is 2. The van der Waals surface area contributed by atoms with Crippen LogP contribution in [0.1, 0.15) is 32.4 Å². The van der Waals surface area contributed by atoms with E-state index in [1.165, 1.54) is 23.7 Å². The topological polar surface area (TPSA) is 53.1 Å². The van der Waals surface area contributed by atoms with Gasteiger partial charge in [0.2, 0.25) is 0 Å². The Morgan fingerprint density at radius 3 is 2.76 bits per heavy atom. The van der Waals surface area contributed by atoms with Crippen LogP contribution in [0.2, 0.25) is 0 Å². The Labute approximate surface area is 126 Å². The van der Waals surface area contributed by atoms with Crippen LogP contribution in [-0.4, -0.2) is 28.5 Å². The van der Waals surface area contributed by atoms with Gasteiger partial charge in [-0.15, -0.1) is 0 Å². The normalized spacial score (nSPS) is 18.0. The number of ether oxygens (including phenoxy) is 1. The Kier molecular flexibility index (Phi) is 4.27. The summed E-state index contributed by atoms with van der Waals surface area (Å²) in [4.78, 5) is 0. The molecule has 0 amide bonds. The number of nitrogens with two attached hydrogens (primary N) is 1. The number of hydrogen-bond donors (Lipinski definition) is 1. The number of hydrogen-bond acceptors (Lipinski definition) is 3. The van der Waals surface area contributed by atoms with Crippen molar-refractivity contribution in [2.24, 2.45) is 11.7 Å². The maximum atomic E-state index is 6.44. The molecule has 1 aromatic heterocycles. The molecule has 1 heterocycles. The lowest BCUT2D eigenvalue weighted by Gasteiger charge is -2.23. The van der Waals surface area contributed by atoms with Crippen molar-refractivity contribution in [2.75, 3.05) is 6.61 Å². The molecule has 2 unspecified atom stereocenters. The maximum Gasteiger partial charge on any atom is 0.0757 e. The Bertz CT molecular complexity index is 603. The van der Waals surface area contributed by atoms with E-state index in [-0.39, 0.29) is 12.1 Å². The molecule has 2 aromatic rings. The summed E-state index contributed by atoms with van der Waals surface area (Å²) in [7, 11) is 0. The van der Waals surface area contributed by atoms with Crippen LogP contribution in [0, 0.1) is 5.92 Å². The highest BCUT2D eigenvalue weighted by Crippen LogP contribution is 2.36. The van der Waals surface area contributed by atoms with Gasteiger partial charge < -0.3 is 10.5 Å². The summed E-state index contributed by atoms with van der Waals surface area (Å²) >= 11 is 0. The summed E-state index contributed by atoms with van der Waals surface area (Å²) in [6.45, 7) is 5.78. The zero-order valence-corrected chi connectivity index (χ0v) is 13.0. The van der Waals surface area contributed by atoms with E-state index in [2.05, 4.69) is 35.9 Å². The average molecular weight is 287 g/mol. The second kappa shape index (κ2) is 6.16. The lowest BCUT2D eigenvalue weighted by Crippen LogP contribution is -2.40. The summed E-state index contributed by atoms with van der Waals surface area (Å²) in [6.07, 6.45) is 3.47. The van der Waals surface area contributed by atoms with E-state index in [1.807, 2.05) is 6.92 Å². The molecule has 4 nitrogen and oxygen atoms in total. The van der Waals surface area contributed by atoms with Crippen molar-refractivity contribution in [3.05, 3.63) is 30.0 Å². The molecule has 3 rings (SSSR count). The fourth-order valence-electron chi connectivity index (χ4n) is 3.15. The second-order valence-electron chi connectivity index (χ2n) is 5.90. The van der Waals surface area contributed by atoms with E-state index >= 15 is 0 Å². The smallest absolute Gasteiger partial charge is 0.0757 e. The molecular weight excluding hydrogens is 262 g/mol. The van der Waals surface area contributed by atoms with E-state index in [0.717, 1.165) is 25.3 Å². The van der Waals surface area contributed by atoms with E-state index < -0.39 is 0 Å². The van der Waals surface area contributed by atoms with E-state index in [1.54, 1.807) is 0 Å². The number of fused-ring (bicyclic) bond motifs is 1. The molecule has 0 saturated heterocycles. The van der Waals surface area contributed by atoms with Crippen molar-refractivity contribution in [1.82, 2.24) is 9.78 Å². The third-order valence-electron chi connectivity index (χ3n) is 4.33. The van der Waals surface area contributed by atoms with Gasteiger partial charge >= 0.3 is 0 Å². The summed E-state index contributed by atoms with van der Waals surface area (Å²) in [5.41, 5.74) is 8.74. The quantitative estimate of drug-likeness (QED) is 0.852. The molecule has 0 bridgehead atoms. The SMILES string of the molecule is CCOC(C(N)Cc1nn(CC)c2ccccc12)C1CC1. The van der Waals surface area contributed by atoms with Gasteiger partial charge in [-0.1, -0.05) is 18.2 Å². The first-order valence-electron chi connectivity index (χ1n) is 8.06. The minimum atomic E-state index is 0.0288. The molecule has 4 heteroatoms. The van der Waals surface area contributed by atoms with Crippen molar-refractivity contribution in [3.63, 3.8) is 0 Å². The third kappa shape index (κ3) is 2.97. The Hall–Kier alpha value is -1.39. The number of rotatable bonds is 7. The molecule has 1 aliphatic carbocycles. The molecule has 1 fully saturated rings. The average Bonchev–Trinajstić information content (AvgIpc) is 3.28. The largest absolute Gasteiger partial charge is 0.377 e. The van der Waals surface area contributed by atoms with E-state index in [9.17, 15) is 0 Å². The lowest BCUT2D eigenvalue weighted by molar-refractivity contribution is 0.0286. The molecule has 0 aliphatic heterocycles. The van der Waals surface area contributed by atoms with Crippen LogP contribution in [-0.2, 0) is 17.7 Å². The number of aryl methyl sites for hydroxylation is 1. The zero-order valence-electron chi connectivity index (χ0n) is 13.0. The second-order valence-corrected chi connectivity index (χ2v) is 5.90. The van der Waals surface area contributed by atoms with E-state index in [0.29, 0.717) is 5.92 Å². The summed E-state index contributed by atoms with van der Waals surface area (Å²) in [5, 5.41) is 5.97. The van der Waals surface area contributed by atoms with Crippen molar-refractivity contribution in [3.8, 4) is 0 Å². The lowest BCUT2D eigenvalue weighted by atomic mass is 10.0. The predicted octanol–water partition coefficient (Wildman–Crippen LogP) is 2.74. The van der Waals surface area contributed by atoms with Gasteiger partial charge in [-0.3, -0.25) is 4.68 Å². The first-order valence-corrected chi connectivity index (χ1v) is 8.06. The van der Waals surface area contributed by atoms with Gasteiger partial charge in [0, 0.05) is 31.0 Å². The van der Waals surface area contributed by atoms with Crippen LogP contribution >= 0.6 is 0 Å². The van der Waals surface area contributed by atoms with Crippen LogP contribution in [0.4, 0.5) is 0 Å². The first-order chi connectivity index (χ1) is 10.2. The highest BCUT2D eigenvalue weighted by Gasteiger charge is 2.36. The van der Waals surface area contributed by atoms with Crippen LogP contribution in [0.5, 0.6) is 0 Å². The third-order valence-corrected chi connectivity index (χ3v) is 4.33. The van der Waals surface area contributed by atoms with Gasteiger partial charge in [-0.25, -0.2) is 0 Å². The van der Waals surface area contributed by atoms with Crippen LogP contribution in [0.15, 0.2) is 24.3 Å². The van der Waals surface area contributed by atoms with Gasteiger partial charge in [0.25, 0.3) is 0 Å². The molecule has 1 aromatic carbocycles. The van der Waals surface area contributed by atoms with Gasteiger partial charge in [0.15, 0.2) is 0 Å². The molecule has 0 spiro atoms. The standard InChI is InChI=1S/C17H25N3O/c1-3-20-16-8-6-5-7-13(16)15(19-20)11-14(18)17(21-4-2)12-9-10-12/h5-8,12,14,17H,3-4,9-11,18H2,1-2H3. The minimum Gasteiger partial charge on any atom is -0.377 e. The Balaban J connectivity index is 1.83. The molecule has 2 N–H and O–H groups in total. The number of para-hydroxylation sites is 1. The molecule has 1 saturated carbocycles. The van der Waals surface area contributed by atoms with Crippen LogP contribution < -0.4 is 5.73 Å². The number of benzene rings is 1. The van der Waals surface area contributed by atoms with Gasteiger partial charge in [0.1, 0.15) is 0 Å². The maximum absolute atomic E-state index is 6.44. The van der Waals surface area contributed by atoms with Crippen LogP contribution in [0.25, 0.3) is 10.9 Å². The minimum absolute atomic E-state index is 0.0288. The van der Waals surface area contributed by atoms with Crippen LogP contribution in [0.3, 0.4) is 0 Å². The van der Waals surface area contributed by atoms with Gasteiger partial charge in [-0.2, -0.15) is 5.10 Å². The predicted molar refractivity (Wildman–Crippen MR) is 85.2 cm³/mol. The number of nitrogens with zero attached hydrogens (tertiary/aromatic N) is 2. The van der Waals surface area contributed by atoms with Crippen molar-refractivity contribution in [1.29, 1.82) is 0 Å². The monoisotopic (exact) mass is 287 g/mol. The summed E-state index contributed by atoms with van der Waals surface area (Å²) in [6, 6.07) is 8.43. The fourth-order valence-corrected chi connectivity index (χ4v) is 3.15. The fraction of sp³-hybridized carbons (Fsp3) is 0.588. The van der Waals surface area contributed by atoms with Crippen molar-refractivity contribution < 1.29 is 4.74 Å². The van der Waals surface area contributed by atoms with Crippen molar-refractivity contribution >= 4 is 10.9 Å². The summed E-state index contributed by atoms with van der Waals surface area (Å²) in [5.74, 6) is 0.652. The Morgan fingerprint density at radius 2 is 2.10 bits per heavy atom. The van der Waals surface area contributed by atoms with Crippen molar-refractivity contribution in [2.45, 2.75) is 51.8 Å². The molecule has 1 aliphatic rings. The molecule has 114 valence electrons. The molecule has 21 heavy (non-hydrogen) atoms. The summed E-state index contributed by atoms with van der Waals surface area (Å²) < 4.78 is 7.95. The first kappa shape index (κ1) is 14.5.